The largest absolute Gasteiger partial charge is 0.481 e. The Kier molecular flexibility index (Phi) is 5.44. The highest BCUT2D eigenvalue weighted by molar-refractivity contribution is 5.70. The third-order valence-electron chi connectivity index (χ3n) is 5.24. The van der Waals surface area contributed by atoms with Crippen molar-refractivity contribution >= 4 is 5.97 Å². The van der Waals surface area contributed by atoms with Gasteiger partial charge in [-0.2, -0.15) is 0 Å². The molecule has 2 atom stereocenters. The third-order valence-corrected chi connectivity index (χ3v) is 5.24. The first-order valence-electron chi connectivity index (χ1n) is 8.17. The Morgan fingerprint density at radius 1 is 1.15 bits per heavy atom. The van der Waals surface area contributed by atoms with Crippen LogP contribution in [0.5, 0.6) is 0 Å². The molecule has 0 amide bonds. The summed E-state index contributed by atoms with van der Waals surface area (Å²) < 4.78 is 0. The summed E-state index contributed by atoms with van der Waals surface area (Å²) in [5.41, 5.74) is -0.691. The lowest BCUT2D eigenvalue weighted by Gasteiger charge is -2.36. The number of carboxylic acids is 1. The van der Waals surface area contributed by atoms with Crippen molar-refractivity contribution in [3.8, 4) is 0 Å². The van der Waals surface area contributed by atoms with Gasteiger partial charge in [-0.1, -0.05) is 19.8 Å². The SMILES string of the molecule is CC1CCCC(NCC2(O)CCC(C(=O)O)CC2)CC1. The van der Waals surface area contributed by atoms with Crippen LogP contribution >= 0.6 is 0 Å². The molecule has 3 N–H and O–H groups in total. The van der Waals surface area contributed by atoms with Gasteiger partial charge in [-0.25, -0.2) is 0 Å². The van der Waals surface area contributed by atoms with E-state index >= 15 is 0 Å². The lowest BCUT2D eigenvalue weighted by molar-refractivity contribution is -0.144. The fourth-order valence-corrected chi connectivity index (χ4v) is 3.60. The number of nitrogens with one attached hydrogen (secondary N) is 1. The van der Waals surface area contributed by atoms with E-state index in [1.807, 2.05) is 0 Å². The van der Waals surface area contributed by atoms with Gasteiger partial charge in [-0.05, 0) is 50.9 Å². The summed E-state index contributed by atoms with van der Waals surface area (Å²) in [6.45, 7) is 2.95. The third kappa shape index (κ3) is 4.45. The van der Waals surface area contributed by atoms with Crippen LogP contribution in [0, 0.1) is 11.8 Å². The molecule has 2 aliphatic carbocycles. The molecule has 0 aromatic rings. The molecule has 20 heavy (non-hydrogen) atoms. The summed E-state index contributed by atoms with van der Waals surface area (Å²) in [4.78, 5) is 10.9. The van der Waals surface area contributed by atoms with Crippen molar-refractivity contribution < 1.29 is 15.0 Å². The molecular weight excluding hydrogens is 254 g/mol. The maximum Gasteiger partial charge on any atom is 0.306 e. The van der Waals surface area contributed by atoms with Gasteiger partial charge in [0.2, 0.25) is 0 Å². The topological polar surface area (TPSA) is 69.6 Å². The highest BCUT2D eigenvalue weighted by Crippen LogP contribution is 2.32. The zero-order valence-electron chi connectivity index (χ0n) is 12.6. The van der Waals surface area contributed by atoms with E-state index in [4.69, 9.17) is 5.11 Å². The molecule has 0 aliphatic heterocycles. The second-order valence-electron chi connectivity index (χ2n) is 7.03. The van der Waals surface area contributed by atoms with Crippen LogP contribution in [0.1, 0.15) is 64.7 Å². The molecule has 0 heterocycles. The first-order valence-corrected chi connectivity index (χ1v) is 8.17. The second-order valence-corrected chi connectivity index (χ2v) is 7.03. The van der Waals surface area contributed by atoms with Crippen molar-refractivity contribution in [3.05, 3.63) is 0 Å². The van der Waals surface area contributed by atoms with E-state index in [2.05, 4.69) is 12.2 Å². The average molecular weight is 283 g/mol. The van der Waals surface area contributed by atoms with E-state index in [0.29, 0.717) is 38.3 Å². The molecule has 0 radical (unpaired) electrons. The van der Waals surface area contributed by atoms with Crippen molar-refractivity contribution in [2.45, 2.75) is 76.4 Å². The monoisotopic (exact) mass is 283 g/mol. The van der Waals surface area contributed by atoms with Crippen LogP contribution in [-0.4, -0.2) is 34.4 Å². The van der Waals surface area contributed by atoms with E-state index < -0.39 is 11.6 Å². The Bertz CT molecular complexity index is 324. The van der Waals surface area contributed by atoms with Crippen LogP contribution in [0.15, 0.2) is 0 Å². The van der Waals surface area contributed by atoms with Gasteiger partial charge >= 0.3 is 5.97 Å². The highest BCUT2D eigenvalue weighted by atomic mass is 16.4. The minimum atomic E-state index is -0.710. The van der Waals surface area contributed by atoms with Gasteiger partial charge in [0.05, 0.1) is 11.5 Å². The van der Waals surface area contributed by atoms with Crippen molar-refractivity contribution in [2.24, 2.45) is 11.8 Å². The molecule has 0 bridgehead atoms. The van der Waals surface area contributed by atoms with Gasteiger partial charge in [0.25, 0.3) is 0 Å². The number of aliphatic hydroxyl groups is 1. The smallest absolute Gasteiger partial charge is 0.306 e. The number of hydrogen-bond acceptors (Lipinski definition) is 3. The van der Waals surface area contributed by atoms with E-state index in [1.54, 1.807) is 0 Å². The molecule has 0 spiro atoms. The molecular formula is C16H29NO3. The Balaban J connectivity index is 1.74. The maximum atomic E-state index is 10.9. The normalized spacial score (nSPS) is 39.2. The van der Waals surface area contributed by atoms with Crippen LogP contribution in [-0.2, 0) is 4.79 Å². The van der Waals surface area contributed by atoms with Crippen molar-refractivity contribution in [3.63, 3.8) is 0 Å². The lowest BCUT2D eigenvalue weighted by atomic mass is 9.78. The molecule has 0 aromatic heterocycles. The first-order chi connectivity index (χ1) is 9.48. The lowest BCUT2D eigenvalue weighted by Crippen LogP contribution is -2.47. The fourth-order valence-electron chi connectivity index (χ4n) is 3.60. The highest BCUT2D eigenvalue weighted by Gasteiger charge is 2.36. The van der Waals surface area contributed by atoms with Crippen LogP contribution in [0.25, 0.3) is 0 Å². The maximum absolute atomic E-state index is 10.9. The second kappa shape index (κ2) is 6.90. The Labute approximate surface area is 122 Å². The predicted octanol–water partition coefficient (Wildman–Crippen LogP) is 2.55. The van der Waals surface area contributed by atoms with Gasteiger partial charge in [0.15, 0.2) is 0 Å². The number of hydrogen-bond donors (Lipinski definition) is 3. The number of carbonyl (C=O) groups is 1. The van der Waals surface area contributed by atoms with Crippen molar-refractivity contribution in [2.75, 3.05) is 6.54 Å². The van der Waals surface area contributed by atoms with E-state index in [9.17, 15) is 9.90 Å². The molecule has 4 nitrogen and oxygen atoms in total. The molecule has 116 valence electrons. The summed E-state index contributed by atoms with van der Waals surface area (Å²) >= 11 is 0. The van der Waals surface area contributed by atoms with E-state index in [1.165, 1.54) is 32.1 Å². The quantitative estimate of drug-likeness (QED) is 0.694. The standard InChI is InChI=1S/C16H29NO3/c1-12-3-2-4-14(6-5-12)17-11-16(20)9-7-13(8-10-16)15(18)19/h12-14,17,20H,2-11H2,1H3,(H,18,19). The van der Waals surface area contributed by atoms with Gasteiger partial charge in [0, 0.05) is 12.6 Å². The first kappa shape index (κ1) is 15.8. The van der Waals surface area contributed by atoms with Crippen LogP contribution in [0.4, 0.5) is 0 Å². The zero-order valence-corrected chi connectivity index (χ0v) is 12.6. The molecule has 2 fully saturated rings. The van der Waals surface area contributed by atoms with E-state index in [0.717, 1.165) is 5.92 Å². The van der Waals surface area contributed by atoms with Gasteiger partial charge in [-0.15, -0.1) is 0 Å². The minimum absolute atomic E-state index is 0.256. The van der Waals surface area contributed by atoms with Crippen LogP contribution < -0.4 is 5.32 Å². The molecule has 2 aliphatic rings. The van der Waals surface area contributed by atoms with Crippen LogP contribution in [0.3, 0.4) is 0 Å². The molecule has 2 saturated carbocycles. The number of aliphatic carboxylic acids is 1. The zero-order chi connectivity index (χ0) is 14.6. The molecule has 2 rings (SSSR count). The average Bonchev–Trinajstić information content (AvgIpc) is 2.62. The summed E-state index contributed by atoms with van der Waals surface area (Å²) in [7, 11) is 0. The van der Waals surface area contributed by atoms with Crippen molar-refractivity contribution in [1.82, 2.24) is 5.32 Å². The van der Waals surface area contributed by atoms with Gasteiger partial charge in [-0.3, -0.25) is 4.79 Å². The molecule has 0 aromatic carbocycles. The van der Waals surface area contributed by atoms with Gasteiger partial charge in [0.1, 0.15) is 0 Å². The Hall–Kier alpha value is -0.610. The molecule has 0 saturated heterocycles. The summed E-state index contributed by atoms with van der Waals surface area (Å²) in [6, 6.07) is 0.529. The van der Waals surface area contributed by atoms with Crippen molar-refractivity contribution in [1.29, 1.82) is 0 Å². The molecule has 2 unspecified atom stereocenters. The van der Waals surface area contributed by atoms with Gasteiger partial charge < -0.3 is 15.5 Å². The predicted molar refractivity (Wildman–Crippen MR) is 78.6 cm³/mol. The summed E-state index contributed by atoms with van der Waals surface area (Å²) in [5, 5.41) is 23.1. The Morgan fingerprint density at radius 2 is 1.85 bits per heavy atom. The molecule has 4 heteroatoms. The summed E-state index contributed by atoms with van der Waals surface area (Å²) in [6.07, 6.45) is 8.72. The number of carboxylic acid groups (broad SMARTS) is 1. The van der Waals surface area contributed by atoms with Crippen LogP contribution in [0.2, 0.25) is 0 Å². The fraction of sp³-hybridized carbons (Fsp3) is 0.938. The van der Waals surface area contributed by atoms with E-state index in [-0.39, 0.29) is 5.92 Å². The number of rotatable bonds is 4. The minimum Gasteiger partial charge on any atom is -0.481 e. The summed E-state index contributed by atoms with van der Waals surface area (Å²) in [5.74, 6) is -0.136. The Morgan fingerprint density at radius 3 is 2.50 bits per heavy atom.